The summed E-state index contributed by atoms with van der Waals surface area (Å²) in [7, 11) is 0. The van der Waals surface area contributed by atoms with Gasteiger partial charge in [0.25, 0.3) is 0 Å². The first-order valence-electron chi connectivity index (χ1n) is 8.73. The van der Waals surface area contributed by atoms with Crippen molar-refractivity contribution < 1.29 is 9.53 Å². The third-order valence-electron chi connectivity index (χ3n) is 4.32. The molecule has 0 aliphatic heterocycles. The predicted molar refractivity (Wildman–Crippen MR) is 114 cm³/mol. The van der Waals surface area contributed by atoms with E-state index in [-0.39, 0.29) is 6.61 Å². The van der Waals surface area contributed by atoms with Gasteiger partial charge in [-0.1, -0.05) is 35.1 Å². The molecule has 1 amide bonds. The molecule has 7 heteroatoms. The number of fused-ring (bicyclic) bond motifs is 1. The van der Waals surface area contributed by atoms with Crippen molar-refractivity contribution in [2.45, 2.75) is 20.5 Å². The Morgan fingerprint density at radius 1 is 1.21 bits per heavy atom. The quantitative estimate of drug-likeness (QED) is 0.441. The van der Waals surface area contributed by atoms with Crippen LogP contribution in [0, 0.1) is 13.8 Å². The number of carbonyl (C=O) groups is 1. The number of aryl methyl sites for hydroxylation is 2. The van der Waals surface area contributed by atoms with Crippen molar-refractivity contribution in [2.75, 3.05) is 5.32 Å². The number of nitrogens with zero attached hydrogens (tertiary/aromatic N) is 2. The average molecular weight is 412 g/mol. The molecule has 5 nitrogen and oxygen atoms in total. The molecular weight excluding hydrogens is 394 g/mol. The van der Waals surface area contributed by atoms with Crippen LogP contribution in [-0.4, -0.2) is 15.6 Å². The lowest BCUT2D eigenvalue weighted by atomic mass is 10.1. The minimum absolute atomic E-state index is 0.170. The van der Waals surface area contributed by atoms with E-state index in [0.717, 1.165) is 32.7 Å². The highest BCUT2D eigenvalue weighted by Crippen LogP contribution is 2.39. The highest BCUT2D eigenvalue weighted by atomic mass is 35.5. The predicted octanol–water partition coefficient (Wildman–Crippen LogP) is 6.11. The summed E-state index contributed by atoms with van der Waals surface area (Å²) in [6, 6.07) is 13.1. The first kappa shape index (κ1) is 18.5. The maximum Gasteiger partial charge on any atom is 0.412 e. The third-order valence-corrected chi connectivity index (χ3v) is 5.56. The van der Waals surface area contributed by atoms with Gasteiger partial charge in [-0.25, -0.2) is 9.78 Å². The zero-order valence-electron chi connectivity index (χ0n) is 15.4. The Hall–Kier alpha value is -2.83. The van der Waals surface area contributed by atoms with Crippen LogP contribution >= 0.6 is 22.9 Å². The molecule has 0 radical (unpaired) electrons. The number of hydrogen-bond acceptors (Lipinski definition) is 4. The van der Waals surface area contributed by atoms with E-state index in [4.69, 9.17) is 16.3 Å². The molecular formula is C21H18ClN3O2S. The number of ether oxygens (including phenoxy) is 1. The lowest BCUT2D eigenvalue weighted by Crippen LogP contribution is -2.13. The van der Waals surface area contributed by atoms with Crippen LogP contribution in [0.5, 0.6) is 0 Å². The third kappa shape index (κ3) is 3.74. The van der Waals surface area contributed by atoms with Gasteiger partial charge in [0.15, 0.2) is 0 Å². The summed E-state index contributed by atoms with van der Waals surface area (Å²) in [6.45, 7) is 4.19. The Labute approximate surface area is 171 Å². The van der Waals surface area contributed by atoms with Crippen LogP contribution in [-0.2, 0) is 11.3 Å². The summed E-state index contributed by atoms with van der Waals surface area (Å²) in [5, 5.41) is 5.26. The average Bonchev–Trinajstić information content (AvgIpc) is 3.28. The van der Waals surface area contributed by atoms with Gasteiger partial charge >= 0.3 is 6.09 Å². The summed E-state index contributed by atoms with van der Waals surface area (Å²) in [6.07, 6.45) is 3.39. The van der Waals surface area contributed by atoms with E-state index in [1.54, 1.807) is 12.1 Å². The number of anilines is 1. The Kier molecular flexibility index (Phi) is 5.07. The molecule has 4 rings (SSSR count). The van der Waals surface area contributed by atoms with Crippen molar-refractivity contribution in [1.29, 1.82) is 0 Å². The molecule has 0 aliphatic carbocycles. The molecule has 3 heterocycles. The molecule has 0 atom stereocenters. The van der Waals surface area contributed by atoms with Gasteiger partial charge in [-0.15, -0.1) is 0 Å². The van der Waals surface area contributed by atoms with Gasteiger partial charge in [-0.3, -0.25) is 5.32 Å². The van der Waals surface area contributed by atoms with Gasteiger partial charge in [0, 0.05) is 28.5 Å². The maximum atomic E-state index is 12.4. The SMILES string of the molecule is Cc1cc(C)c2c(-n3cccc3)c(NC(=O)OCc3ccc(Cl)cc3)sc2n1. The second kappa shape index (κ2) is 7.66. The lowest BCUT2D eigenvalue weighted by Gasteiger charge is -2.10. The molecule has 3 aromatic heterocycles. The van der Waals surface area contributed by atoms with E-state index in [1.807, 2.05) is 54.2 Å². The molecule has 0 spiro atoms. The van der Waals surface area contributed by atoms with Crippen molar-refractivity contribution in [3.63, 3.8) is 0 Å². The number of nitrogens with one attached hydrogen (secondary N) is 1. The summed E-state index contributed by atoms with van der Waals surface area (Å²) in [5.74, 6) is 0. The summed E-state index contributed by atoms with van der Waals surface area (Å²) in [4.78, 5) is 17.9. The number of pyridine rings is 1. The molecule has 1 aromatic carbocycles. The van der Waals surface area contributed by atoms with Gasteiger partial charge < -0.3 is 9.30 Å². The molecule has 0 saturated carbocycles. The summed E-state index contributed by atoms with van der Waals surface area (Å²) in [5.41, 5.74) is 3.83. The summed E-state index contributed by atoms with van der Waals surface area (Å²) >= 11 is 7.32. The first-order valence-corrected chi connectivity index (χ1v) is 9.93. The Balaban J connectivity index is 1.62. The molecule has 0 saturated heterocycles. The van der Waals surface area contributed by atoms with E-state index >= 15 is 0 Å². The van der Waals surface area contributed by atoms with Gasteiger partial charge in [0.05, 0.1) is 5.69 Å². The smallest absolute Gasteiger partial charge is 0.412 e. The zero-order valence-corrected chi connectivity index (χ0v) is 17.0. The van der Waals surface area contributed by atoms with E-state index < -0.39 is 6.09 Å². The van der Waals surface area contributed by atoms with Crippen LogP contribution in [0.15, 0.2) is 54.9 Å². The molecule has 0 unspecified atom stereocenters. The molecule has 0 fully saturated rings. The number of halogens is 1. The number of benzene rings is 1. The van der Waals surface area contributed by atoms with Crippen LogP contribution in [0.4, 0.5) is 9.80 Å². The standard InChI is InChI=1S/C21H18ClN3O2S/c1-13-11-14(2)23-19-17(13)18(25-9-3-4-10-25)20(28-19)24-21(26)27-12-15-5-7-16(22)8-6-15/h3-11H,12H2,1-2H3,(H,24,26). The fourth-order valence-electron chi connectivity index (χ4n) is 3.10. The highest BCUT2D eigenvalue weighted by Gasteiger charge is 2.19. The molecule has 1 N–H and O–H groups in total. The fourth-order valence-corrected chi connectivity index (χ4v) is 4.40. The van der Waals surface area contributed by atoms with Crippen molar-refractivity contribution in [3.05, 3.63) is 76.7 Å². The van der Waals surface area contributed by atoms with Crippen LogP contribution < -0.4 is 5.32 Å². The van der Waals surface area contributed by atoms with Crippen molar-refractivity contribution >= 4 is 44.2 Å². The molecule has 0 aliphatic rings. The molecule has 142 valence electrons. The first-order chi connectivity index (χ1) is 13.5. The van der Waals surface area contributed by atoms with Gasteiger partial charge in [-0.05, 0) is 55.3 Å². The number of aromatic nitrogens is 2. The van der Waals surface area contributed by atoms with E-state index in [2.05, 4.69) is 17.2 Å². The van der Waals surface area contributed by atoms with E-state index in [0.29, 0.717) is 10.0 Å². The Bertz CT molecular complexity index is 1130. The zero-order chi connectivity index (χ0) is 19.7. The highest BCUT2D eigenvalue weighted by molar-refractivity contribution is 7.23. The number of thiophene rings is 1. The monoisotopic (exact) mass is 411 g/mol. The lowest BCUT2D eigenvalue weighted by molar-refractivity contribution is 0.155. The molecule has 0 bridgehead atoms. The minimum atomic E-state index is -0.510. The number of carbonyl (C=O) groups excluding carboxylic acids is 1. The second-order valence-corrected chi connectivity index (χ2v) is 7.89. The second-order valence-electron chi connectivity index (χ2n) is 6.46. The molecule has 4 aromatic rings. The number of amides is 1. The van der Waals surface area contributed by atoms with Gasteiger partial charge in [0.1, 0.15) is 16.4 Å². The van der Waals surface area contributed by atoms with Crippen LogP contribution in [0.25, 0.3) is 15.9 Å². The topological polar surface area (TPSA) is 56.2 Å². The van der Waals surface area contributed by atoms with Gasteiger partial charge in [0.2, 0.25) is 0 Å². The van der Waals surface area contributed by atoms with Crippen LogP contribution in [0.2, 0.25) is 5.02 Å². The summed E-state index contributed by atoms with van der Waals surface area (Å²) < 4.78 is 7.36. The normalized spacial score (nSPS) is 11.0. The Morgan fingerprint density at radius 3 is 2.64 bits per heavy atom. The maximum absolute atomic E-state index is 12.4. The van der Waals surface area contributed by atoms with Gasteiger partial charge in [-0.2, -0.15) is 0 Å². The van der Waals surface area contributed by atoms with Crippen molar-refractivity contribution in [1.82, 2.24) is 9.55 Å². The van der Waals surface area contributed by atoms with E-state index in [1.165, 1.54) is 11.3 Å². The van der Waals surface area contributed by atoms with Crippen LogP contribution in [0.1, 0.15) is 16.8 Å². The van der Waals surface area contributed by atoms with Crippen molar-refractivity contribution in [3.8, 4) is 5.69 Å². The largest absolute Gasteiger partial charge is 0.444 e. The molecule has 28 heavy (non-hydrogen) atoms. The van der Waals surface area contributed by atoms with Crippen LogP contribution in [0.3, 0.4) is 0 Å². The number of hydrogen-bond donors (Lipinski definition) is 1. The van der Waals surface area contributed by atoms with E-state index in [9.17, 15) is 4.79 Å². The fraction of sp³-hybridized carbons (Fsp3) is 0.143. The number of rotatable bonds is 4. The Morgan fingerprint density at radius 2 is 1.93 bits per heavy atom. The van der Waals surface area contributed by atoms with Crippen molar-refractivity contribution in [2.24, 2.45) is 0 Å². The minimum Gasteiger partial charge on any atom is -0.444 e.